The summed E-state index contributed by atoms with van der Waals surface area (Å²) in [5.74, 6) is 0.138. The van der Waals surface area contributed by atoms with Crippen molar-refractivity contribution < 1.29 is 4.79 Å². The van der Waals surface area contributed by atoms with Crippen molar-refractivity contribution in [3.63, 3.8) is 0 Å². The molecule has 1 aliphatic heterocycles. The van der Waals surface area contributed by atoms with Crippen LogP contribution < -0.4 is 10.6 Å². The van der Waals surface area contributed by atoms with E-state index in [9.17, 15) is 4.79 Å². The number of nitrogens with two attached hydrogens (primary N) is 1. The Hall–Kier alpha value is -1.78. The molecule has 0 bridgehead atoms. The number of likely N-dealkylation sites (N-methyl/N-ethyl adjacent to an activating group) is 1. The largest absolute Gasteiger partial charge is 0.396 e. The second-order valence-corrected chi connectivity index (χ2v) is 4.52. The molecule has 1 atom stereocenters. The molecule has 92 valence electrons. The minimum atomic E-state index is -0.0882. The summed E-state index contributed by atoms with van der Waals surface area (Å²) < 4.78 is 0. The van der Waals surface area contributed by atoms with Gasteiger partial charge in [0.05, 0.1) is 17.6 Å². The maximum absolute atomic E-state index is 12.1. The number of hydrogen-bond acceptors (Lipinski definition) is 4. The summed E-state index contributed by atoms with van der Waals surface area (Å²) in [4.78, 5) is 19.8. The van der Waals surface area contributed by atoms with Gasteiger partial charge in [0.1, 0.15) is 6.04 Å². The van der Waals surface area contributed by atoms with Crippen LogP contribution in [0.2, 0.25) is 0 Å². The Kier molecular flexibility index (Phi) is 3.17. The molecule has 0 aromatic carbocycles. The number of amides is 1. The Bertz CT molecular complexity index is 419. The smallest absolute Gasteiger partial charge is 0.244 e. The van der Waals surface area contributed by atoms with Crippen LogP contribution in [-0.4, -0.2) is 42.5 Å². The van der Waals surface area contributed by atoms with Gasteiger partial charge in [-0.15, -0.1) is 0 Å². The lowest BCUT2D eigenvalue weighted by Crippen LogP contribution is -2.43. The Morgan fingerprint density at radius 2 is 2.35 bits per heavy atom. The first-order chi connectivity index (χ1) is 8.11. The van der Waals surface area contributed by atoms with E-state index in [2.05, 4.69) is 9.88 Å². The van der Waals surface area contributed by atoms with Crippen molar-refractivity contribution in [2.75, 3.05) is 31.3 Å². The van der Waals surface area contributed by atoms with E-state index in [0.717, 1.165) is 25.1 Å². The molecule has 1 aliphatic rings. The molecule has 5 nitrogen and oxygen atoms in total. The number of rotatable bonds is 2. The molecule has 5 heteroatoms. The van der Waals surface area contributed by atoms with E-state index in [1.807, 2.05) is 6.07 Å². The van der Waals surface area contributed by atoms with Gasteiger partial charge in [0, 0.05) is 26.8 Å². The third kappa shape index (κ3) is 2.18. The zero-order valence-electron chi connectivity index (χ0n) is 10.3. The van der Waals surface area contributed by atoms with Crippen molar-refractivity contribution in [3.05, 3.63) is 18.5 Å². The average molecular weight is 234 g/mol. The summed E-state index contributed by atoms with van der Waals surface area (Å²) in [5, 5.41) is 0. The first-order valence-electron chi connectivity index (χ1n) is 5.78. The topological polar surface area (TPSA) is 62.5 Å². The van der Waals surface area contributed by atoms with Crippen LogP contribution >= 0.6 is 0 Å². The maximum atomic E-state index is 12.1. The van der Waals surface area contributed by atoms with Crippen molar-refractivity contribution in [2.45, 2.75) is 18.9 Å². The first-order valence-corrected chi connectivity index (χ1v) is 5.78. The molecule has 1 fully saturated rings. The predicted octanol–water partition coefficient (Wildman–Crippen LogP) is 0.721. The van der Waals surface area contributed by atoms with E-state index in [1.54, 1.807) is 31.4 Å². The Morgan fingerprint density at radius 1 is 1.59 bits per heavy atom. The van der Waals surface area contributed by atoms with Crippen LogP contribution in [0.5, 0.6) is 0 Å². The van der Waals surface area contributed by atoms with Gasteiger partial charge in [-0.05, 0) is 18.9 Å². The number of pyridine rings is 1. The molecule has 1 amide bonds. The zero-order valence-corrected chi connectivity index (χ0v) is 10.3. The van der Waals surface area contributed by atoms with Crippen molar-refractivity contribution in [3.8, 4) is 0 Å². The number of nitrogens with zero attached hydrogens (tertiary/aromatic N) is 3. The number of anilines is 2. The highest BCUT2D eigenvalue weighted by Gasteiger charge is 2.32. The van der Waals surface area contributed by atoms with Gasteiger partial charge in [0.2, 0.25) is 5.91 Å². The van der Waals surface area contributed by atoms with Crippen LogP contribution in [0, 0.1) is 0 Å². The SMILES string of the molecule is CN(C)C(=O)[C@H]1CCCN1c1ccncc1N. The molecule has 0 unspecified atom stereocenters. The highest BCUT2D eigenvalue weighted by molar-refractivity contribution is 5.87. The molecule has 1 aromatic heterocycles. The third-order valence-electron chi connectivity index (χ3n) is 3.12. The lowest BCUT2D eigenvalue weighted by molar-refractivity contribution is -0.129. The number of hydrogen-bond donors (Lipinski definition) is 1. The van der Waals surface area contributed by atoms with Crippen LogP contribution in [0.3, 0.4) is 0 Å². The van der Waals surface area contributed by atoms with Crippen LogP contribution in [0.4, 0.5) is 11.4 Å². The molecule has 1 aromatic rings. The molecule has 17 heavy (non-hydrogen) atoms. The molecule has 1 saturated heterocycles. The molecule has 0 spiro atoms. The minimum Gasteiger partial charge on any atom is -0.396 e. The normalized spacial score (nSPS) is 19.4. The molecule has 0 aliphatic carbocycles. The van der Waals surface area contributed by atoms with Gasteiger partial charge in [0.25, 0.3) is 0 Å². The van der Waals surface area contributed by atoms with E-state index in [4.69, 9.17) is 5.73 Å². The Morgan fingerprint density at radius 3 is 3.00 bits per heavy atom. The van der Waals surface area contributed by atoms with Gasteiger partial charge in [-0.3, -0.25) is 9.78 Å². The van der Waals surface area contributed by atoms with Crippen LogP contribution in [0.15, 0.2) is 18.5 Å². The van der Waals surface area contributed by atoms with Crippen LogP contribution in [0.25, 0.3) is 0 Å². The summed E-state index contributed by atoms with van der Waals surface area (Å²) in [6.07, 6.45) is 5.25. The monoisotopic (exact) mass is 234 g/mol. The van der Waals surface area contributed by atoms with E-state index in [0.29, 0.717) is 5.69 Å². The maximum Gasteiger partial charge on any atom is 0.244 e. The Balaban J connectivity index is 2.26. The van der Waals surface area contributed by atoms with Crippen molar-refractivity contribution >= 4 is 17.3 Å². The fourth-order valence-electron chi connectivity index (χ4n) is 2.27. The third-order valence-corrected chi connectivity index (χ3v) is 3.12. The van der Waals surface area contributed by atoms with E-state index in [1.165, 1.54) is 0 Å². The van der Waals surface area contributed by atoms with Crippen LogP contribution in [0.1, 0.15) is 12.8 Å². The molecule has 2 N–H and O–H groups in total. The molecular weight excluding hydrogens is 216 g/mol. The number of aromatic nitrogens is 1. The van der Waals surface area contributed by atoms with Gasteiger partial charge < -0.3 is 15.5 Å². The highest BCUT2D eigenvalue weighted by atomic mass is 16.2. The van der Waals surface area contributed by atoms with Crippen molar-refractivity contribution in [2.24, 2.45) is 0 Å². The molecule has 2 heterocycles. The summed E-state index contributed by atoms with van der Waals surface area (Å²) in [6.45, 7) is 0.873. The number of nitrogen functional groups attached to an aromatic ring is 1. The van der Waals surface area contributed by atoms with Crippen LogP contribution in [-0.2, 0) is 4.79 Å². The zero-order chi connectivity index (χ0) is 12.4. The molecule has 2 rings (SSSR count). The Labute approximate surface area is 101 Å². The summed E-state index contributed by atoms with van der Waals surface area (Å²) >= 11 is 0. The minimum absolute atomic E-state index is 0.0882. The standard InChI is InChI=1S/C12H18N4O/c1-15(2)12(17)11-4-3-7-16(11)10-5-6-14-8-9(10)13/h5-6,8,11H,3-4,7,13H2,1-2H3/t11-/m1/s1. The molecule has 0 saturated carbocycles. The summed E-state index contributed by atoms with van der Waals surface area (Å²) in [6, 6.07) is 1.78. The van der Waals surface area contributed by atoms with Gasteiger partial charge in [-0.25, -0.2) is 0 Å². The number of carbonyl (C=O) groups excluding carboxylic acids is 1. The quantitative estimate of drug-likeness (QED) is 0.819. The average Bonchev–Trinajstić information content (AvgIpc) is 2.77. The van der Waals surface area contributed by atoms with Gasteiger partial charge in [-0.1, -0.05) is 0 Å². The fourth-order valence-corrected chi connectivity index (χ4v) is 2.27. The summed E-state index contributed by atoms with van der Waals surface area (Å²) in [5.41, 5.74) is 7.45. The molecular formula is C12H18N4O. The van der Waals surface area contributed by atoms with Gasteiger partial charge in [-0.2, -0.15) is 0 Å². The fraction of sp³-hybridized carbons (Fsp3) is 0.500. The highest BCUT2D eigenvalue weighted by Crippen LogP contribution is 2.30. The van der Waals surface area contributed by atoms with Crippen molar-refractivity contribution in [1.82, 2.24) is 9.88 Å². The van der Waals surface area contributed by atoms with Gasteiger partial charge >= 0.3 is 0 Å². The van der Waals surface area contributed by atoms with E-state index in [-0.39, 0.29) is 11.9 Å². The second-order valence-electron chi connectivity index (χ2n) is 4.52. The van der Waals surface area contributed by atoms with E-state index < -0.39 is 0 Å². The van der Waals surface area contributed by atoms with E-state index >= 15 is 0 Å². The summed E-state index contributed by atoms with van der Waals surface area (Å²) in [7, 11) is 3.57. The second kappa shape index (κ2) is 4.61. The lowest BCUT2D eigenvalue weighted by atomic mass is 10.2. The first kappa shape index (κ1) is 11.7. The predicted molar refractivity (Wildman–Crippen MR) is 67.7 cm³/mol. The lowest BCUT2D eigenvalue weighted by Gasteiger charge is -2.28. The van der Waals surface area contributed by atoms with Gasteiger partial charge in [0.15, 0.2) is 0 Å². The van der Waals surface area contributed by atoms with Crippen molar-refractivity contribution in [1.29, 1.82) is 0 Å². The molecule has 0 radical (unpaired) electrons. The number of carbonyl (C=O) groups is 1.